The summed E-state index contributed by atoms with van der Waals surface area (Å²) in [6.45, 7) is 3.94. The molecule has 7 nitrogen and oxygen atoms in total. The van der Waals surface area contributed by atoms with Gasteiger partial charge in [0.25, 0.3) is 5.91 Å². The van der Waals surface area contributed by atoms with Crippen molar-refractivity contribution in [2.24, 2.45) is 0 Å². The Balaban J connectivity index is 1.74. The molecule has 0 saturated heterocycles. The van der Waals surface area contributed by atoms with Crippen molar-refractivity contribution in [3.8, 4) is 0 Å². The van der Waals surface area contributed by atoms with E-state index in [1.165, 1.54) is 13.4 Å². The number of hydrogen-bond donors (Lipinski definition) is 2. The number of amides is 1. The number of nitrogens with one attached hydrogen (secondary N) is 2. The molecule has 1 aromatic heterocycles. The fourth-order valence-corrected chi connectivity index (χ4v) is 2.58. The molecule has 28 heavy (non-hydrogen) atoms. The van der Waals surface area contributed by atoms with Crippen LogP contribution in [0.15, 0.2) is 54.9 Å². The molecular weight excluding hydrogens is 356 g/mol. The quantitative estimate of drug-likeness (QED) is 0.657. The Bertz CT molecular complexity index is 1020. The predicted octanol–water partition coefficient (Wildman–Crippen LogP) is 3.88. The lowest BCUT2D eigenvalue weighted by molar-refractivity contribution is 0.0600. The minimum absolute atomic E-state index is 0.240. The number of aromatic nitrogens is 2. The molecule has 3 aromatic rings. The summed E-state index contributed by atoms with van der Waals surface area (Å²) in [6.07, 6.45) is 1.32. The molecule has 2 aromatic carbocycles. The summed E-state index contributed by atoms with van der Waals surface area (Å²) in [5.74, 6) is -0.258. The maximum absolute atomic E-state index is 12.6. The lowest BCUT2D eigenvalue weighted by Crippen LogP contribution is -2.15. The van der Waals surface area contributed by atoms with Crippen molar-refractivity contribution in [3.63, 3.8) is 0 Å². The first-order valence-corrected chi connectivity index (χ1v) is 8.63. The maximum Gasteiger partial charge on any atom is 0.337 e. The van der Waals surface area contributed by atoms with E-state index in [0.717, 1.165) is 16.8 Å². The second-order valence-corrected chi connectivity index (χ2v) is 6.18. The Morgan fingerprint density at radius 3 is 2.46 bits per heavy atom. The van der Waals surface area contributed by atoms with Crippen LogP contribution in [0.2, 0.25) is 0 Å². The first kappa shape index (κ1) is 19.0. The lowest BCUT2D eigenvalue weighted by Gasteiger charge is -2.11. The van der Waals surface area contributed by atoms with Crippen LogP contribution in [0.25, 0.3) is 0 Å². The molecule has 3 rings (SSSR count). The van der Waals surface area contributed by atoms with Gasteiger partial charge in [0, 0.05) is 17.4 Å². The average molecular weight is 376 g/mol. The maximum atomic E-state index is 12.6. The molecular formula is C21H20N4O3. The van der Waals surface area contributed by atoms with Gasteiger partial charge < -0.3 is 15.4 Å². The SMILES string of the molecule is COC(=O)c1ccc(Nc2cc(C(=O)Nc3cccc(C)c3C)ncn2)cc1. The number of hydrogen-bond acceptors (Lipinski definition) is 6. The van der Waals surface area contributed by atoms with Gasteiger partial charge in [0.15, 0.2) is 0 Å². The Hall–Kier alpha value is -3.74. The summed E-state index contributed by atoms with van der Waals surface area (Å²) in [6, 6.07) is 14.0. The van der Waals surface area contributed by atoms with Gasteiger partial charge in [0.1, 0.15) is 17.8 Å². The number of esters is 1. The first-order chi connectivity index (χ1) is 13.5. The zero-order chi connectivity index (χ0) is 20.1. The lowest BCUT2D eigenvalue weighted by atomic mass is 10.1. The molecule has 142 valence electrons. The van der Waals surface area contributed by atoms with Crippen molar-refractivity contribution in [2.45, 2.75) is 13.8 Å². The molecule has 0 atom stereocenters. The van der Waals surface area contributed by atoms with Crippen molar-refractivity contribution in [2.75, 3.05) is 17.7 Å². The highest BCUT2D eigenvalue weighted by Gasteiger charge is 2.11. The fraction of sp³-hybridized carbons (Fsp3) is 0.143. The summed E-state index contributed by atoms with van der Waals surface area (Å²) >= 11 is 0. The van der Waals surface area contributed by atoms with Gasteiger partial charge in [0.2, 0.25) is 0 Å². The number of carbonyl (C=O) groups is 2. The van der Waals surface area contributed by atoms with E-state index in [1.807, 2.05) is 32.0 Å². The largest absolute Gasteiger partial charge is 0.465 e. The van der Waals surface area contributed by atoms with Gasteiger partial charge >= 0.3 is 5.97 Å². The molecule has 0 aliphatic heterocycles. The number of ether oxygens (including phenoxy) is 1. The zero-order valence-electron chi connectivity index (χ0n) is 15.8. The Labute approximate surface area is 162 Å². The Morgan fingerprint density at radius 1 is 1.00 bits per heavy atom. The summed E-state index contributed by atoms with van der Waals surface area (Å²) in [7, 11) is 1.33. The van der Waals surface area contributed by atoms with Crippen LogP contribution >= 0.6 is 0 Å². The minimum Gasteiger partial charge on any atom is -0.465 e. The molecule has 0 aliphatic carbocycles. The summed E-state index contributed by atoms with van der Waals surface area (Å²) in [5, 5.41) is 5.96. The van der Waals surface area contributed by atoms with E-state index in [0.29, 0.717) is 17.1 Å². The monoisotopic (exact) mass is 376 g/mol. The highest BCUT2D eigenvalue weighted by Crippen LogP contribution is 2.20. The highest BCUT2D eigenvalue weighted by atomic mass is 16.5. The molecule has 1 amide bonds. The molecule has 0 spiro atoms. The normalized spacial score (nSPS) is 10.2. The van der Waals surface area contributed by atoms with E-state index in [9.17, 15) is 9.59 Å². The van der Waals surface area contributed by atoms with Crippen LogP contribution in [0, 0.1) is 13.8 Å². The number of carbonyl (C=O) groups excluding carboxylic acids is 2. The van der Waals surface area contributed by atoms with E-state index in [1.54, 1.807) is 30.3 Å². The third-order valence-electron chi connectivity index (χ3n) is 4.33. The van der Waals surface area contributed by atoms with Crippen LogP contribution in [0.4, 0.5) is 17.2 Å². The van der Waals surface area contributed by atoms with Crippen molar-refractivity contribution < 1.29 is 14.3 Å². The van der Waals surface area contributed by atoms with Crippen molar-refractivity contribution in [1.82, 2.24) is 9.97 Å². The van der Waals surface area contributed by atoms with Gasteiger partial charge in [-0.1, -0.05) is 12.1 Å². The Kier molecular flexibility index (Phi) is 5.64. The topological polar surface area (TPSA) is 93.2 Å². The molecule has 0 radical (unpaired) electrons. The van der Waals surface area contributed by atoms with Gasteiger partial charge in [0.05, 0.1) is 12.7 Å². The molecule has 1 heterocycles. The second-order valence-electron chi connectivity index (χ2n) is 6.18. The number of methoxy groups -OCH3 is 1. The van der Waals surface area contributed by atoms with E-state index in [2.05, 4.69) is 25.3 Å². The standard InChI is InChI=1S/C21H20N4O3/c1-13-5-4-6-17(14(13)2)25-20(26)18-11-19(23-12-22-18)24-16-9-7-15(8-10-16)21(27)28-3/h4-12H,1-3H3,(H,25,26)(H,22,23,24). The molecule has 0 fully saturated rings. The van der Waals surface area contributed by atoms with E-state index >= 15 is 0 Å². The predicted molar refractivity (Wildman–Crippen MR) is 107 cm³/mol. The molecule has 0 bridgehead atoms. The zero-order valence-corrected chi connectivity index (χ0v) is 15.8. The van der Waals surface area contributed by atoms with E-state index in [-0.39, 0.29) is 11.6 Å². The number of anilines is 3. The molecule has 7 heteroatoms. The van der Waals surface area contributed by atoms with Crippen LogP contribution in [-0.4, -0.2) is 29.0 Å². The van der Waals surface area contributed by atoms with Crippen molar-refractivity contribution in [1.29, 1.82) is 0 Å². The third-order valence-corrected chi connectivity index (χ3v) is 4.33. The highest BCUT2D eigenvalue weighted by molar-refractivity contribution is 6.03. The van der Waals surface area contributed by atoms with Crippen LogP contribution in [-0.2, 0) is 4.74 Å². The van der Waals surface area contributed by atoms with Gasteiger partial charge in [-0.05, 0) is 55.3 Å². The number of nitrogens with zero attached hydrogens (tertiary/aromatic N) is 2. The third kappa shape index (κ3) is 4.32. The number of benzene rings is 2. The molecule has 0 saturated carbocycles. The smallest absolute Gasteiger partial charge is 0.337 e. The summed E-state index contributed by atoms with van der Waals surface area (Å²) in [4.78, 5) is 32.2. The van der Waals surface area contributed by atoms with Gasteiger partial charge in [-0.25, -0.2) is 14.8 Å². The summed E-state index contributed by atoms with van der Waals surface area (Å²) in [5.41, 5.74) is 4.25. The number of aryl methyl sites for hydroxylation is 1. The van der Waals surface area contributed by atoms with Crippen LogP contribution in [0.5, 0.6) is 0 Å². The van der Waals surface area contributed by atoms with E-state index < -0.39 is 5.97 Å². The Morgan fingerprint density at radius 2 is 1.75 bits per heavy atom. The molecule has 0 unspecified atom stereocenters. The first-order valence-electron chi connectivity index (χ1n) is 8.63. The average Bonchev–Trinajstić information content (AvgIpc) is 2.71. The van der Waals surface area contributed by atoms with Gasteiger partial charge in [-0.3, -0.25) is 4.79 Å². The van der Waals surface area contributed by atoms with Crippen LogP contribution in [0.1, 0.15) is 32.0 Å². The minimum atomic E-state index is -0.404. The van der Waals surface area contributed by atoms with Crippen LogP contribution in [0.3, 0.4) is 0 Å². The van der Waals surface area contributed by atoms with E-state index in [4.69, 9.17) is 0 Å². The van der Waals surface area contributed by atoms with Gasteiger partial charge in [-0.15, -0.1) is 0 Å². The van der Waals surface area contributed by atoms with Crippen molar-refractivity contribution >= 4 is 29.1 Å². The number of rotatable bonds is 5. The van der Waals surface area contributed by atoms with Crippen molar-refractivity contribution in [3.05, 3.63) is 77.2 Å². The second kappa shape index (κ2) is 8.30. The van der Waals surface area contributed by atoms with Crippen LogP contribution < -0.4 is 10.6 Å². The van der Waals surface area contributed by atoms with Gasteiger partial charge in [-0.2, -0.15) is 0 Å². The summed E-state index contributed by atoms with van der Waals surface area (Å²) < 4.78 is 4.68. The fourth-order valence-electron chi connectivity index (χ4n) is 2.58. The molecule has 0 aliphatic rings. The molecule has 2 N–H and O–H groups in total.